The highest BCUT2D eigenvalue weighted by atomic mass is 19.4. The molecule has 1 aliphatic heterocycles. The Balaban J connectivity index is 1.47. The molecule has 5 rings (SSSR count). The lowest BCUT2D eigenvalue weighted by Gasteiger charge is -2.25. The molecule has 0 atom stereocenters. The van der Waals surface area contributed by atoms with Gasteiger partial charge in [0, 0.05) is 44.5 Å². The van der Waals surface area contributed by atoms with E-state index >= 15 is 0 Å². The average Bonchev–Trinajstić information content (AvgIpc) is 3.43. The zero-order valence-electron chi connectivity index (χ0n) is 19.8. The van der Waals surface area contributed by atoms with E-state index in [-0.39, 0.29) is 23.5 Å². The Labute approximate surface area is 208 Å². The molecule has 1 amide bonds. The van der Waals surface area contributed by atoms with Gasteiger partial charge in [-0.3, -0.25) is 10.1 Å². The molecule has 13 heteroatoms. The molecule has 1 aliphatic rings. The molecule has 0 bridgehead atoms. The van der Waals surface area contributed by atoms with E-state index in [9.17, 15) is 18.0 Å². The SMILES string of the molecule is COCCNC(=O)c1ccc2c(c1)nc(Nc1nc3ccc(OC(F)(F)F)cc3o1)n2C1CCOCC1. The molecule has 1 saturated heterocycles. The van der Waals surface area contributed by atoms with E-state index in [0.717, 1.165) is 24.4 Å². The van der Waals surface area contributed by atoms with Crippen molar-refractivity contribution in [3.63, 3.8) is 0 Å². The number of anilines is 2. The predicted octanol–water partition coefficient (Wildman–Crippen LogP) is 4.55. The second-order valence-corrected chi connectivity index (χ2v) is 8.42. The summed E-state index contributed by atoms with van der Waals surface area (Å²) < 4.78 is 59.9. The Hall–Kier alpha value is -3.84. The number of aromatic nitrogens is 3. The molecule has 10 nitrogen and oxygen atoms in total. The highest BCUT2D eigenvalue weighted by Gasteiger charge is 2.31. The van der Waals surface area contributed by atoms with Gasteiger partial charge >= 0.3 is 12.4 Å². The lowest BCUT2D eigenvalue weighted by atomic mass is 10.1. The van der Waals surface area contributed by atoms with Crippen molar-refractivity contribution in [1.29, 1.82) is 0 Å². The molecular formula is C24H24F3N5O5. The molecule has 0 aliphatic carbocycles. The zero-order chi connectivity index (χ0) is 26.0. The number of carbonyl (C=O) groups is 1. The van der Waals surface area contributed by atoms with Crippen molar-refractivity contribution in [3.8, 4) is 5.75 Å². The summed E-state index contributed by atoms with van der Waals surface area (Å²) in [7, 11) is 1.56. The van der Waals surface area contributed by atoms with Gasteiger partial charge < -0.3 is 28.5 Å². The molecule has 37 heavy (non-hydrogen) atoms. The molecule has 2 aromatic heterocycles. The average molecular weight is 519 g/mol. The minimum atomic E-state index is -4.82. The van der Waals surface area contributed by atoms with Crippen LogP contribution in [0.15, 0.2) is 40.8 Å². The Morgan fingerprint density at radius 1 is 1.14 bits per heavy atom. The van der Waals surface area contributed by atoms with Crippen molar-refractivity contribution in [2.45, 2.75) is 25.2 Å². The molecule has 2 N–H and O–H groups in total. The molecule has 0 radical (unpaired) electrons. The second kappa shape index (κ2) is 10.3. The number of carbonyl (C=O) groups excluding carboxylic acids is 1. The summed E-state index contributed by atoms with van der Waals surface area (Å²) in [5, 5.41) is 5.85. The summed E-state index contributed by atoms with van der Waals surface area (Å²) in [4.78, 5) is 21.5. The second-order valence-electron chi connectivity index (χ2n) is 8.42. The first-order valence-corrected chi connectivity index (χ1v) is 11.6. The first-order chi connectivity index (χ1) is 17.8. The molecule has 196 valence electrons. The zero-order valence-corrected chi connectivity index (χ0v) is 19.8. The maximum Gasteiger partial charge on any atom is 0.573 e. The number of imidazole rings is 1. The number of oxazole rings is 1. The van der Waals surface area contributed by atoms with Crippen LogP contribution >= 0.6 is 0 Å². The fraction of sp³-hybridized carbons (Fsp3) is 0.375. The quantitative estimate of drug-likeness (QED) is 0.326. The third kappa shape index (κ3) is 5.62. The topological polar surface area (TPSA) is 113 Å². The maximum atomic E-state index is 12.6. The van der Waals surface area contributed by atoms with Crippen molar-refractivity contribution in [1.82, 2.24) is 19.9 Å². The summed E-state index contributed by atoms with van der Waals surface area (Å²) in [5.41, 5.74) is 2.31. The lowest BCUT2D eigenvalue weighted by Crippen LogP contribution is -2.26. The minimum absolute atomic E-state index is 0.0558. The third-order valence-corrected chi connectivity index (χ3v) is 5.91. The number of hydrogen-bond acceptors (Lipinski definition) is 8. The molecule has 0 unspecified atom stereocenters. The number of fused-ring (bicyclic) bond motifs is 2. The van der Waals surface area contributed by atoms with Crippen LogP contribution in [0, 0.1) is 0 Å². The fourth-order valence-corrected chi connectivity index (χ4v) is 4.26. The number of nitrogens with one attached hydrogen (secondary N) is 2. The van der Waals surface area contributed by atoms with Crippen LogP contribution in [0.3, 0.4) is 0 Å². The number of rotatable bonds is 8. The highest BCUT2D eigenvalue weighted by molar-refractivity contribution is 5.97. The normalized spacial score (nSPS) is 14.8. The summed E-state index contributed by atoms with van der Waals surface area (Å²) in [6.45, 7) is 1.96. The first kappa shape index (κ1) is 24.8. The van der Waals surface area contributed by atoms with Crippen LogP contribution in [0.25, 0.3) is 22.1 Å². The smallest absolute Gasteiger partial charge is 0.423 e. The van der Waals surface area contributed by atoms with Gasteiger partial charge in [-0.05, 0) is 43.2 Å². The standard InChI is InChI=1S/C24H24F3N5O5/c1-34-11-8-28-21(33)14-2-5-19-18(12-14)29-22(32(19)15-6-9-35-10-7-15)31-23-30-17-4-3-16(13-20(17)36-23)37-24(25,26)27/h2-5,12-13,15H,6-11H2,1H3,(H,28,33)(H,29,30,31). The van der Waals surface area contributed by atoms with Gasteiger partial charge in [-0.1, -0.05) is 0 Å². The van der Waals surface area contributed by atoms with Crippen molar-refractivity contribution in [3.05, 3.63) is 42.0 Å². The Morgan fingerprint density at radius 3 is 2.70 bits per heavy atom. The number of benzene rings is 2. The molecule has 4 aromatic rings. The number of alkyl halides is 3. The van der Waals surface area contributed by atoms with Crippen molar-refractivity contribution < 1.29 is 36.6 Å². The predicted molar refractivity (Wildman–Crippen MR) is 127 cm³/mol. The Bertz CT molecular complexity index is 1410. The number of nitrogens with zero attached hydrogens (tertiary/aromatic N) is 3. The monoisotopic (exact) mass is 519 g/mol. The van der Waals surface area contributed by atoms with Crippen LogP contribution in [-0.2, 0) is 9.47 Å². The van der Waals surface area contributed by atoms with E-state index in [2.05, 4.69) is 20.4 Å². The van der Waals surface area contributed by atoms with Gasteiger partial charge in [0.1, 0.15) is 11.3 Å². The largest absolute Gasteiger partial charge is 0.573 e. The van der Waals surface area contributed by atoms with E-state index in [0.29, 0.717) is 48.9 Å². The summed E-state index contributed by atoms with van der Waals surface area (Å²) in [6.07, 6.45) is -3.31. The van der Waals surface area contributed by atoms with Gasteiger partial charge in [0.25, 0.3) is 5.91 Å². The number of hydrogen-bond donors (Lipinski definition) is 2. The maximum absolute atomic E-state index is 12.6. The van der Waals surface area contributed by atoms with Gasteiger partial charge in [0.15, 0.2) is 5.58 Å². The van der Waals surface area contributed by atoms with Crippen LogP contribution in [0.2, 0.25) is 0 Å². The summed E-state index contributed by atoms with van der Waals surface area (Å²) in [5.74, 6) is -0.226. The lowest BCUT2D eigenvalue weighted by molar-refractivity contribution is -0.274. The molecular weight excluding hydrogens is 495 g/mol. The van der Waals surface area contributed by atoms with Gasteiger partial charge in [-0.15, -0.1) is 13.2 Å². The third-order valence-electron chi connectivity index (χ3n) is 5.91. The number of amides is 1. The minimum Gasteiger partial charge on any atom is -0.423 e. The molecule has 1 fully saturated rings. The molecule has 0 spiro atoms. The van der Waals surface area contributed by atoms with Gasteiger partial charge in [0.2, 0.25) is 5.95 Å². The summed E-state index contributed by atoms with van der Waals surface area (Å²) >= 11 is 0. The van der Waals surface area contributed by atoms with Gasteiger partial charge in [-0.2, -0.15) is 4.98 Å². The van der Waals surface area contributed by atoms with E-state index in [4.69, 9.17) is 18.9 Å². The van der Waals surface area contributed by atoms with Gasteiger partial charge in [-0.25, -0.2) is 4.98 Å². The first-order valence-electron chi connectivity index (χ1n) is 11.6. The molecule has 2 aromatic carbocycles. The van der Waals surface area contributed by atoms with Crippen LogP contribution in [0.5, 0.6) is 5.75 Å². The Morgan fingerprint density at radius 2 is 1.95 bits per heavy atom. The van der Waals surface area contributed by atoms with Crippen molar-refractivity contribution in [2.24, 2.45) is 0 Å². The number of halogens is 3. The molecule has 3 heterocycles. The van der Waals surface area contributed by atoms with E-state index in [1.807, 2.05) is 10.6 Å². The fourth-order valence-electron chi connectivity index (χ4n) is 4.26. The van der Waals surface area contributed by atoms with E-state index < -0.39 is 12.1 Å². The van der Waals surface area contributed by atoms with E-state index in [1.165, 1.54) is 12.1 Å². The highest BCUT2D eigenvalue weighted by Crippen LogP contribution is 2.34. The number of methoxy groups -OCH3 is 1. The van der Waals surface area contributed by atoms with Crippen LogP contribution in [0.1, 0.15) is 29.2 Å². The van der Waals surface area contributed by atoms with Crippen LogP contribution in [-0.4, -0.2) is 60.3 Å². The Kier molecular flexibility index (Phi) is 6.89. The van der Waals surface area contributed by atoms with Crippen LogP contribution < -0.4 is 15.4 Å². The van der Waals surface area contributed by atoms with Crippen LogP contribution in [0.4, 0.5) is 25.1 Å². The van der Waals surface area contributed by atoms with E-state index in [1.54, 1.807) is 19.2 Å². The summed E-state index contributed by atoms with van der Waals surface area (Å²) in [6, 6.07) is 9.05. The number of ether oxygens (including phenoxy) is 3. The van der Waals surface area contributed by atoms with Crippen molar-refractivity contribution in [2.75, 3.05) is 38.8 Å². The van der Waals surface area contributed by atoms with Gasteiger partial charge in [0.05, 0.1) is 17.6 Å². The van der Waals surface area contributed by atoms with Crippen molar-refractivity contribution >= 4 is 40.0 Å². The molecule has 0 saturated carbocycles.